The van der Waals surface area contributed by atoms with Gasteiger partial charge in [-0.2, -0.15) is 5.10 Å². The molecule has 28 heavy (non-hydrogen) atoms. The number of hydrogen-bond donors (Lipinski definition) is 1. The minimum atomic E-state index is -0.210. The van der Waals surface area contributed by atoms with Crippen LogP contribution in [0.1, 0.15) is 5.56 Å². The first-order chi connectivity index (χ1) is 13.7. The van der Waals surface area contributed by atoms with Crippen LogP contribution in [0.3, 0.4) is 0 Å². The first kappa shape index (κ1) is 17.6. The molecule has 0 saturated heterocycles. The molecular formula is C22H19N5O. The van der Waals surface area contributed by atoms with Crippen LogP contribution in [0.5, 0.6) is 0 Å². The van der Waals surface area contributed by atoms with Crippen molar-refractivity contribution in [1.29, 1.82) is 0 Å². The molecule has 6 nitrogen and oxygen atoms in total. The molecule has 0 atom stereocenters. The van der Waals surface area contributed by atoms with Gasteiger partial charge in [-0.25, -0.2) is 14.6 Å². The fourth-order valence-corrected chi connectivity index (χ4v) is 2.91. The summed E-state index contributed by atoms with van der Waals surface area (Å²) in [6, 6.07) is 22.1. The minimum absolute atomic E-state index is 0.0805. The van der Waals surface area contributed by atoms with Crippen molar-refractivity contribution in [2.75, 3.05) is 5.32 Å². The molecule has 1 N–H and O–H groups in total. The van der Waals surface area contributed by atoms with Crippen LogP contribution in [0.2, 0.25) is 0 Å². The van der Waals surface area contributed by atoms with Gasteiger partial charge in [0.05, 0.1) is 5.69 Å². The van der Waals surface area contributed by atoms with Gasteiger partial charge in [0.2, 0.25) is 5.91 Å². The zero-order valence-corrected chi connectivity index (χ0v) is 15.4. The fraction of sp³-hybridized carbons (Fsp3) is 0.0909. The van der Waals surface area contributed by atoms with Crippen LogP contribution in [0.4, 0.5) is 5.82 Å². The number of pyridine rings is 1. The second-order valence-electron chi connectivity index (χ2n) is 6.50. The van der Waals surface area contributed by atoms with Gasteiger partial charge >= 0.3 is 0 Å². The van der Waals surface area contributed by atoms with E-state index in [-0.39, 0.29) is 12.5 Å². The highest BCUT2D eigenvalue weighted by Crippen LogP contribution is 2.28. The van der Waals surface area contributed by atoms with Crippen LogP contribution in [0.25, 0.3) is 22.4 Å². The number of hydrogen-bond acceptors (Lipinski definition) is 4. The molecule has 0 unspecified atom stereocenters. The number of benzene rings is 2. The summed E-state index contributed by atoms with van der Waals surface area (Å²) < 4.78 is 1.47. The van der Waals surface area contributed by atoms with Gasteiger partial charge in [0.1, 0.15) is 25.0 Å². The Morgan fingerprint density at radius 2 is 1.75 bits per heavy atom. The summed E-state index contributed by atoms with van der Waals surface area (Å²) in [5.41, 5.74) is 5.04. The molecule has 0 aliphatic carbocycles. The van der Waals surface area contributed by atoms with Crippen molar-refractivity contribution in [3.05, 3.63) is 84.9 Å². The van der Waals surface area contributed by atoms with Gasteiger partial charge < -0.3 is 5.32 Å². The van der Waals surface area contributed by atoms with Gasteiger partial charge in [-0.1, -0.05) is 60.2 Å². The van der Waals surface area contributed by atoms with Crippen LogP contribution < -0.4 is 5.32 Å². The van der Waals surface area contributed by atoms with E-state index in [1.807, 2.05) is 42.5 Å². The Morgan fingerprint density at radius 3 is 2.46 bits per heavy atom. The van der Waals surface area contributed by atoms with Crippen LogP contribution in [0, 0.1) is 6.92 Å². The smallest absolute Gasteiger partial charge is 0.247 e. The number of nitrogens with one attached hydrogen (secondary N) is 1. The molecule has 2 aromatic carbocycles. The molecule has 2 heterocycles. The van der Waals surface area contributed by atoms with Crippen molar-refractivity contribution in [2.24, 2.45) is 0 Å². The molecule has 0 fully saturated rings. The number of carbonyl (C=O) groups excluding carboxylic acids is 1. The van der Waals surface area contributed by atoms with Crippen molar-refractivity contribution in [1.82, 2.24) is 19.7 Å². The summed E-state index contributed by atoms with van der Waals surface area (Å²) in [5.74, 6) is 0.292. The Morgan fingerprint density at radius 1 is 0.964 bits per heavy atom. The Labute approximate surface area is 162 Å². The van der Waals surface area contributed by atoms with Gasteiger partial charge in [0.25, 0.3) is 0 Å². The second kappa shape index (κ2) is 7.84. The molecule has 0 spiro atoms. The van der Waals surface area contributed by atoms with Crippen LogP contribution in [-0.4, -0.2) is 25.7 Å². The van der Waals surface area contributed by atoms with Crippen molar-refractivity contribution in [3.63, 3.8) is 0 Å². The molecule has 0 saturated carbocycles. The van der Waals surface area contributed by atoms with Crippen molar-refractivity contribution >= 4 is 11.7 Å². The Bertz CT molecular complexity index is 1070. The fourth-order valence-electron chi connectivity index (χ4n) is 2.91. The van der Waals surface area contributed by atoms with E-state index >= 15 is 0 Å². The summed E-state index contributed by atoms with van der Waals surface area (Å²) in [4.78, 5) is 20.9. The summed E-state index contributed by atoms with van der Waals surface area (Å²) >= 11 is 0. The van der Waals surface area contributed by atoms with Crippen LogP contribution in [-0.2, 0) is 11.3 Å². The lowest BCUT2D eigenvalue weighted by molar-refractivity contribution is -0.116. The third-order valence-corrected chi connectivity index (χ3v) is 4.32. The molecule has 0 bridgehead atoms. The van der Waals surface area contributed by atoms with Crippen LogP contribution in [0.15, 0.2) is 79.4 Å². The molecule has 2 aromatic heterocycles. The van der Waals surface area contributed by atoms with E-state index < -0.39 is 0 Å². The Hall–Kier alpha value is -3.80. The van der Waals surface area contributed by atoms with Crippen molar-refractivity contribution in [2.45, 2.75) is 13.5 Å². The molecule has 4 aromatic rings. The lowest BCUT2D eigenvalue weighted by Crippen LogP contribution is -2.19. The quantitative estimate of drug-likeness (QED) is 0.578. The van der Waals surface area contributed by atoms with Gasteiger partial charge in [-0.15, -0.1) is 0 Å². The topological polar surface area (TPSA) is 72.7 Å². The molecule has 0 aliphatic heterocycles. The standard InChI is InChI=1S/C22H19N5O/c1-16-7-9-17(10-8-16)19-11-20(18-5-3-2-4-6-18)25-21(12-19)26-22(28)13-27-15-23-14-24-27/h2-12,14-15H,13H2,1H3,(H,25,26,28). The number of amides is 1. The number of nitrogens with zero attached hydrogens (tertiary/aromatic N) is 4. The average molecular weight is 369 g/mol. The predicted molar refractivity (Wildman–Crippen MR) is 108 cm³/mol. The SMILES string of the molecule is Cc1ccc(-c2cc(NC(=O)Cn3cncn3)nc(-c3ccccc3)c2)cc1. The lowest BCUT2D eigenvalue weighted by Gasteiger charge is -2.11. The molecule has 0 radical (unpaired) electrons. The number of carbonyl (C=O) groups is 1. The largest absolute Gasteiger partial charge is 0.309 e. The van der Waals surface area contributed by atoms with E-state index in [9.17, 15) is 4.79 Å². The molecular weight excluding hydrogens is 350 g/mol. The maximum absolute atomic E-state index is 12.4. The van der Waals surface area contributed by atoms with Gasteiger partial charge in [-0.05, 0) is 30.2 Å². The number of aryl methyl sites for hydroxylation is 1. The van der Waals surface area contributed by atoms with E-state index in [0.29, 0.717) is 5.82 Å². The molecule has 138 valence electrons. The van der Waals surface area contributed by atoms with Gasteiger partial charge in [-0.3, -0.25) is 4.79 Å². The average Bonchev–Trinajstić information content (AvgIpc) is 3.22. The Balaban J connectivity index is 1.69. The normalized spacial score (nSPS) is 10.6. The van der Waals surface area contributed by atoms with Crippen molar-refractivity contribution < 1.29 is 4.79 Å². The second-order valence-corrected chi connectivity index (χ2v) is 6.50. The summed E-state index contributed by atoms with van der Waals surface area (Å²) in [5, 5.41) is 6.83. The molecule has 1 amide bonds. The molecule has 0 aliphatic rings. The summed E-state index contributed by atoms with van der Waals surface area (Å²) in [6.07, 6.45) is 2.90. The van der Waals surface area contributed by atoms with Crippen LogP contribution >= 0.6 is 0 Å². The van der Waals surface area contributed by atoms with E-state index in [0.717, 1.165) is 22.4 Å². The highest BCUT2D eigenvalue weighted by atomic mass is 16.2. The van der Waals surface area contributed by atoms with Gasteiger partial charge in [0, 0.05) is 5.56 Å². The maximum Gasteiger partial charge on any atom is 0.247 e. The highest BCUT2D eigenvalue weighted by Gasteiger charge is 2.10. The zero-order chi connectivity index (χ0) is 19.3. The summed E-state index contributed by atoms with van der Waals surface area (Å²) in [6.45, 7) is 2.14. The zero-order valence-electron chi connectivity index (χ0n) is 15.4. The first-order valence-corrected chi connectivity index (χ1v) is 8.94. The van der Waals surface area contributed by atoms with E-state index in [1.54, 1.807) is 0 Å². The molecule has 6 heteroatoms. The third kappa shape index (κ3) is 4.12. The lowest BCUT2D eigenvalue weighted by atomic mass is 10.0. The van der Waals surface area contributed by atoms with Crippen molar-refractivity contribution in [3.8, 4) is 22.4 Å². The third-order valence-electron chi connectivity index (χ3n) is 4.32. The predicted octanol–water partition coefficient (Wildman–Crippen LogP) is 3.95. The monoisotopic (exact) mass is 369 g/mol. The first-order valence-electron chi connectivity index (χ1n) is 8.94. The van der Waals surface area contributed by atoms with Gasteiger partial charge in [0.15, 0.2) is 0 Å². The number of rotatable bonds is 5. The summed E-state index contributed by atoms with van der Waals surface area (Å²) in [7, 11) is 0. The van der Waals surface area contributed by atoms with E-state index in [1.165, 1.54) is 22.9 Å². The maximum atomic E-state index is 12.4. The molecule has 4 rings (SSSR count). The van der Waals surface area contributed by atoms with E-state index in [2.05, 4.69) is 51.6 Å². The minimum Gasteiger partial charge on any atom is -0.309 e. The number of anilines is 1. The van der Waals surface area contributed by atoms with E-state index in [4.69, 9.17) is 0 Å². The number of aromatic nitrogens is 4. The highest BCUT2D eigenvalue weighted by molar-refractivity contribution is 5.90. The Kier molecular flexibility index (Phi) is 4.93.